The molecule has 31 heavy (non-hydrogen) atoms. The van der Waals surface area contributed by atoms with Crippen molar-refractivity contribution in [2.24, 2.45) is 40.4 Å². The lowest BCUT2D eigenvalue weighted by Crippen LogP contribution is -2.65. The molecule has 1 heterocycles. The van der Waals surface area contributed by atoms with Crippen LogP contribution in [0.25, 0.3) is 0 Å². The minimum Gasteiger partial charge on any atom is -0.389 e. The summed E-state index contributed by atoms with van der Waals surface area (Å²) >= 11 is 0. The summed E-state index contributed by atoms with van der Waals surface area (Å²) in [6.07, 6.45) is 9.45. The number of carbonyl (C=O) groups excluding carboxylic acids is 2. The van der Waals surface area contributed by atoms with Crippen LogP contribution in [0.3, 0.4) is 0 Å². The molecule has 0 spiro atoms. The molecule has 1 aromatic rings. The molecule has 1 aromatic heterocycles. The fourth-order valence-corrected chi connectivity index (χ4v) is 9.21. The van der Waals surface area contributed by atoms with E-state index < -0.39 is 5.60 Å². The molecular weight excluding hydrogens is 386 g/mol. The zero-order chi connectivity index (χ0) is 22.0. The lowest BCUT2D eigenvalue weighted by molar-refractivity contribution is -0.219. The maximum atomic E-state index is 12.6. The van der Waals surface area contributed by atoms with E-state index in [4.69, 9.17) is 0 Å². The van der Waals surface area contributed by atoms with E-state index >= 15 is 0 Å². The van der Waals surface area contributed by atoms with Crippen LogP contribution in [0.4, 0.5) is 0 Å². The van der Waals surface area contributed by atoms with Gasteiger partial charge in [-0.1, -0.05) is 19.9 Å². The number of hydrogen-bond acceptors (Lipinski definition) is 4. The van der Waals surface area contributed by atoms with Crippen molar-refractivity contribution in [3.8, 4) is 0 Å². The van der Waals surface area contributed by atoms with Crippen molar-refractivity contribution in [2.45, 2.75) is 84.2 Å². The number of pyridine rings is 1. The minimum atomic E-state index is -0.893. The molecule has 0 amide bonds. The fourth-order valence-electron chi connectivity index (χ4n) is 9.21. The third kappa shape index (κ3) is 3.15. The van der Waals surface area contributed by atoms with Gasteiger partial charge in [-0.2, -0.15) is 0 Å². The number of Topliss-reactive ketones (excluding diaryl/α,β-unsaturated/α-hetero) is 2. The van der Waals surface area contributed by atoms with Crippen LogP contribution in [0.2, 0.25) is 0 Å². The molecule has 4 aliphatic rings. The molecule has 0 aromatic carbocycles. The molecule has 0 aliphatic heterocycles. The smallest absolute Gasteiger partial charge is 0.133 e. The zero-order valence-corrected chi connectivity index (χ0v) is 19.3. The van der Waals surface area contributed by atoms with Gasteiger partial charge in [-0.25, -0.2) is 0 Å². The Morgan fingerprint density at radius 2 is 1.97 bits per heavy atom. The van der Waals surface area contributed by atoms with E-state index in [1.807, 2.05) is 24.4 Å². The SMILES string of the molecule is CC(=O)[C@H]1CC[C@H]2[C@@H]3CCC4CC(=O)CC[C@]4(C)[C@H]3[C@](O)(Cc3ccccn3)C[C@]12C. The van der Waals surface area contributed by atoms with Gasteiger partial charge in [-0.05, 0) is 92.1 Å². The quantitative estimate of drug-likeness (QED) is 0.760. The highest BCUT2D eigenvalue weighted by Crippen LogP contribution is 2.70. The Hall–Kier alpha value is -1.55. The topological polar surface area (TPSA) is 67.3 Å². The molecule has 1 unspecified atom stereocenters. The molecule has 4 aliphatic carbocycles. The minimum absolute atomic E-state index is 0.0179. The Balaban J connectivity index is 1.60. The zero-order valence-electron chi connectivity index (χ0n) is 19.3. The summed E-state index contributed by atoms with van der Waals surface area (Å²) in [5.74, 6) is 2.18. The Morgan fingerprint density at radius 1 is 1.16 bits per heavy atom. The lowest BCUT2D eigenvalue weighted by atomic mass is 9.40. The van der Waals surface area contributed by atoms with Crippen LogP contribution in [-0.4, -0.2) is 27.3 Å². The van der Waals surface area contributed by atoms with E-state index in [0.717, 1.165) is 37.8 Å². The molecule has 0 bridgehead atoms. The summed E-state index contributed by atoms with van der Waals surface area (Å²) in [6, 6.07) is 5.93. The molecule has 4 saturated carbocycles. The summed E-state index contributed by atoms with van der Waals surface area (Å²) in [5, 5.41) is 12.6. The van der Waals surface area contributed by atoms with Gasteiger partial charge in [0.2, 0.25) is 0 Å². The summed E-state index contributed by atoms with van der Waals surface area (Å²) in [4.78, 5) is 29.5. The van der Waals surface area contributed by atoms with Gasteiger partial charge in [0.05, 0.1) is 5.60 Å². The van der Waals surface area contributed by atoms with E-state index in [0.29, 0.717) is 49.2 Å². The number of hydrogen-bond donors (Lipinski definition) is 1. The van der Waals surface area contributed by atoms with E-state index in [2.05, 4.69) is 18.8 Å². The number of aliphatic hydroxyl groups is 1. The second-order valence-electron chi connectivity index (χ2n) is 11.8. The van der Waals surface area contributed by atoms with Crippen molar-refractivity contribution in [1.82, 2.24) is 4.98 Å². The molecule has 8 atom stereocenters. The van der Waals surface area contributed by atoms with Crippen LogP contribution in [0.5, 0.6) is 0 Å². The molecular formula is C27H37NO3. The highest BCUT2D eigenvalue weighted by atomic mass is 16.3. The molecule has 0 radical (unpaired) electrons. The Kier molecular flexibility index (Phi) is 4.97. The summed E-state index contributed by atoms with van der Waals surface area (Å²) < 4.78 is 0. The molecule has 4 fully saturated rings. The van der Waals surface area contributed by atoms with Crippen LogP contribution in [-0.2, 0) is 16.0 Å². The average Bonchev–Trinajstić information content (AvgIpc) is 3.05. The van der Waals surface area contributed by atoms with Gasteiger partial charge in [0.15, 0.2) is 0 Å². The van der Waals surface area contributed by atoms with E-state index in [1.54, 1.807) is 6.92 Å². The van der Waals surface area contributed by atoms with Gasteiger partial charge in [0.25, 0.3) is 0 Å². The first-order valence-electron chi connectivity index (χ1n) is 12.3. The second-order valence-corrected chi connectivity index (χ2v) is 11.8. The number of fused-ring (bicyclic) bond motifs is 5. The van der Waals surface area contributed by atoms with Gasteiger partial charge < -0.3 is 5.11 Å². The Morgan fingerprint density at radius 3 is 2.68 bits per heavy atom. The van der Waals surface area contributed by atoms with E-state index in [1.165, 1.54) is 0 Å². The standard InChI is InChI=1S/C27H37NO3/c1-17(29)22-9-10-23-21-8-7-18-14-20(30)11-12-25(18,2)24(21)27(31,16-26(22,23)3)15-19-6-4-5-13-28-19/h4-6,13,18,21-24,31H,7-12,14-16H2,1-3H3/t18?,21-,22+,23-,24-,25-,26+,27-/m0/s1. The van der Waals surface area contributed by atoms with Crippen molar-refractivity contribution < 1.29 is 14.7 Å². The van der Waals surface area contributed by atoms with Crippen LogP contribution in [0.15, 0.2) is 24.4 Å². The van der Waals surface area contributed by atoms with Crippen molar-refractivity contribution >= 4 is 11.6 Å². The summed E-state index contributed by atoms with van der Waals surface area (Å²) in [7, 11) is 0. The third-order valence-corrected chi connectivity index (χ3v) is 10.2. The third-order valence-electron chi connectivity index (χ3n) is 10.2. The highest BCUT2D eigenvalue weighted by molar-refractivity contribution is 5.80. The predicted octanol–water partition coefficient (Wildman–Crippen LogP) is 4.78. The maximum Gasteiger partial charge on any atom is 0.133 e. The highest BCUT2D eigenvalue weighted by Gasteiger charge is 2.68. The van der Waals surface area contributed by atoms with Crippen molar-refractivity contribution in [3.63, 3.8) is 0 Å². The first-order valence-corrected chi connectivity index (χ1v) is 12.3. The number of nitrogens with zero attached hydrogens (tertiary/aromatic N) is 1. The average molecular weight is 424 g/mol. The van der Waals surface area contributed by atoms with E-state index in [9.17, 15) is 14.7 Å². The maximum absolute atomic E-state index is 12.6. The van der Waals surface area contributed by atoms with Gasteiger partial charge >= 0.3 is 0 Å². The summed E-state index contributed by atoms with van der Waals surface area (Å²) in [6.45, 7) is 6.40. The number of carbonyl (C=O) groups is 2. The molecule has 4 heteroatoms. The first-order chi connectivity index (χ1) is 14.7. The molecule has 168 valence electrons. The van der Waals surface area contributed by atoms with Crippen molar-refractivity contribution in [2.75, 3.05) is 0 Å². The fraction of sp³-hybridized carbons (Fsp3) is 0.741. The molecule has 0 saturated heterocycles. The molecule has 5 rings (SSSR count). The van der Waals surface area contributed by atoms with Crippen LogP contribution in [0.1, 0.15) is 77.8 Å². The number of aromatic nitrogens is 1. The second kappa shape index (κ2) is 7.23. The van der Waals surface area contributed by atoms with Crippen LogP contribution >= 0.6 is 0 Å². The van der Waals surface area contributed by atoms with Crippen molar-refractivity contribution in [1.29, 1.82) is 0 Å². The number of rotatable bonds is 3. The Bertz CT molecular complexity index is 884. The van der Waals surface area contributed by atoms with Gasteiger partial charge in [0, 0.05) is 37.1 Å². The largest absolute Gasteiger partial charge is 0.389 e. The van der Waals surface area contributed by atoms with Gasteiger partial charge in [0.1, 0.15) is 11.6 Å². The molecule has 4 nitrogen and oxygen atoms in total. The molecule has 1 N–H and O–H groups in total. The Labute approximate surface area is 186 Å². The summed E-state index contributed by atoms with van der Waals surface area (Å²) in [5.41, 5.74) is -0.128. The lowest BCUT2D eigenvalue weighted by Gasteiger charge is -2.65. The van der Waals surface area contributed by atoms with Crippen LogP contribution in [0, 0.1) is 40.4 Å². The monoisotopic (exact) mass is 423 g/mol. The van der Waals surface area contributed by atoms with Gasteiger partial charge in [-0.3, -0.25) is 14.6 Å². The number of ketones is 2. The predicted molar refractivity (Wildman–Crippen MR) is 119 cm³/mol. The normalized spacial score (nSPS) is 46.7. The van der Waals surface area contributed by atoms with E-state index in [-0.39, 0.29) is 28.4 Å². The first kappa shape index (κ1) is 21.3. The van der Waals surface area contributed by atoms with Gasteiger partial charge in [-0.15, -0.1) is 0 Å². The van der Waals surface area contributed by atoms with Crippen LogP contribution < -0.4 is 0 Å². The van der Waals surface area contributed by atoms with Crippen molar-refractivity contribution in [3.05, 3.63) is 30.1 Å².